The summed E-state index contributed by atoms with van der Waals surface area (Å²) in [6, 6.07) is 13.4. The van der Waals surface area contributed by atoms with Crippen LogP contribution in [0.2, 0.25) is 5.02 Å². The zero-order valence-electron chi connectivity index (χ0n) is 15.1. The van der Waals surface area contributed by atoms with Crippen LogP contribution in [0.5, 0.6) is 0 Å². The van der Waals surface area contributed by atoms with Gasteiger partial charge in [-0.3, -0.25) is 4.79 Å². The predicted octanol–water partition coefficient (Wildman–Crippen LogP) is 3.45. The third-order valence-electron chi connectivity index (χ3n) is 4.10. The average Bonchev–Trinajstić information content (AvgIpc) is 2.62. The third-order valence-corrected chi connectivity index (χ3v) is 6.47. The maximum absolute atomic E-state index is 13.2. The lowest BCUT2D eigenvalue weighted by molar-refractivity contribution is -0.120. The largest absolute Gasteiger partial charge is 0.378 e. The number of anilines is 1. The minimum absolute atomic E-state index is 0.0128. The van der Waals surface area contributed by atoms with E-state index >= 15 is 0 Å². The Morgan fingerprint density at radius 2 is 1.65 bits per heavy atom. The Bertz CT molecular complexity index is 847. The number of nitrogens with one attached hydrogen (secondary N) is 1. The molecule has 0 aliphatic carbocycles. The molecule has 140 valence electrons. The van der Waals surface area contributed by atoms with E-state index in [1.165, 1.54) is 12.1 Å². The van der Waals surface area contributed by atoms with Crippen molar-refractivity contribution in [3.05, 3.63) is 59.1 Å². The normalized spacial score (nSPS) is 12.5. The van der Waals surface area contributed by atoms with Crippen LogP contribution >= 0.6 is 11.6 Å². The molecule has 1 atom stereocenters. The molecule has 0 bridgehead atoms. The summed E-state index contributed by atoms with van der Waals surface area (Å²) in [7, 11) is 0.135. The number of hydrogen-bond donors (Lipinski definition) is 1. The molecule has 0 aromatic heterocycles. The Kier molecular flexibility index (Phi) is 6.67. The number of hydrogen-bond acceptors (Lipinski definition) is 4. The molecule has 26 heavy (non-hydrogen) atoms. The first-order valence-electron chi connectivity index (χ1n) is 8.29. The van der Waals surface area contributed by atoms with Crippen molar-refractivity contribution in [2.75, 3.05) is 25.5 Å². The molecule has 2 aromatic carbocycles. The molecule has 0 aliphatic rings. The van der Waals surface area contributed by atoms with Gasteiger partial charge >= 0.3 is 0 Å². The lowest BCUT2D eigenvalue weighted by Crippen LogP contribution is -2.31. The highest BCUT2D eigenvalue weighted by Gasteiger charge is 2.29. The summed E-state index contributed by atoms with van der Waals surface area (Å²) in [5, 5.41) is 2.29. The van der Waals surface area contributed by atoms with Crippen molar-refractivity contribution in [1.29, 1.82) is 0 Å². The number of nitrogens with zero attached hydrogens (tertiary/aromatic N) is 1. The Balaban J connectivity index is 2.42. The van der Waals surface area contributed by atoms with Gasteiger partial charge in [0.2, 0.25) is 5.91 Å². The highest BCUT2D eigenvalue weighted by atomic mass is 35.5. The van der Waals surface area contributed by atoms with E-state index < -0.39 is 15.1 Å². The number of halogens is 1. The molecular formula is C19H23ClN2O3S. The number of carbonyl (C=O) groups excluding carboxylic acids is 1. The number of sulfone groups is 1. The zero-order chi connectivity index (χ0) is 19.3. The van der Waals surface area contributed by atoms with Gasteiger partial charge in [0.15, 0.2) is 9.84 Å². The fraction of sp³-hybridized carbons (Fsp3) is 0.316. The number of benzene rings is 2. The van der Waals surface area contributed by atoms with Crippen molar-refractivity contribution in [2.45, 2.75) is 23.5 Å². The predicted molar refractivity (Wildman–Crippen MR) is 105 cm³/mol. The second-order valence-electron chi connectivity index (χ2n) is 6.13. The molecule has 0 aliphatic heterocycles. The van der Waals surface area contributed by atoms with E-state index in [2.05, 4.69) is 5.32 Å². The summed E-state index contributed by atoms with van der Waals surface area (Å²) in [5.41, 5.74) is 1.59. The lowest BCUT2D eigenvalue weighted by Gasteiger charge is -2.20. The third kappa shape index (κ3) is 4.77. The van der Waals surface area contributed by atoms with Gasteiger partial charge in [-0.1, -0.05) is 30.7 Å². The van der Waals surface area contributed by atoms with E-state index in [4.69, 9.17) is 11.6 Å². The van der Waals surface area contributed by atoms with Gasteiger partial charge in [-0.2, -0.15) is 0 Å². The smallest absolute Gasteiger partial charge is 0.219 e. The quantitative estimate of drug-likeness (QED) is 0.781. The molecule has 2 aromatic rings. The van der Waals surface area contributed by atoms with E-state index in [0.29, 0.717) is 17.0 Å². The molecule has 5 nitrogen and oxygen atoms in total. The molecule has 0 radical (unpaired) electrons. The van der Waals surface area contributed by atoms with Crippen molar-refractivity contribution in [3.63, 3.8) is 0 Å². The van der Waals surface area contributed by atoms with Crippen molar-refractivity contribution in [1.82, 2.24) is 5.32 Å². The molecule has 0 spiro atoms. The van der Waals surface area contributed by atoms with Gasteiger partial charge < -0.3 is 10.2 Å². The number of carbonyl (C=O) groups is 1. The molecule has 0 heterocycles. The molecule has 2 rings (SSSR count). The summed E-state index contributed by atoms with van der Waals surface area (Å²) in [6.45, 7) is 1.74. The fourth-order valence-electron chi connectivity index (χ4n) is 2.51. The van der Waals surface area contributed by atoms with Gasteiger partial charge in [0, 0.05) is 37.8 Å². The Morgan fingerprint density at radius 3 is 2.15 bits per heavy atom. The van der Waals surface area contributed by atoms with Crippen molar-refractivity contribution in [2.24, 2.45) is 0 Å². The van der Waals surface area contributed by atoms with Crippen LogP contribution in [-0.2, 0) is 14.6 Å². The van der Waals surface area contributed by atoms with Crippen LogP contribution in [0.1, 0.15) is 24.2 Å². The second kappa shape index (κ2) is 8.56. The molecular weight excluding hydrogens is 372 g/mol. The van der Waals surface area contributed by atoms with Crippen LogP contribution in [0.3, 0.4) is 0 Å². The second-order valence-corrected chi connectivity index (χ2v) is 8.70. The molecule has 1 N–H and O–H groups in total. The van der Waals surface area contributed by atoms with Crippen molar-refractivity contribution in [3.8, 4) is 0 Å². The van der Waals surface area contributed by atoms with Crippen molar-refractivity contribution < 1.29 is 13.2 Å². The summed E-state index contributed by atoms with van der Waals surface area (Å²) < 4.78 is 26.3. The van der Waals surface area contributed by atoms with E-state index in [1.54, 1.807) is 31.2 Å². The molecule has 1 amide bonds. The molecule has 0 fully saturated rings. The van der Waals surface area contributed by atoms with Crippen LogP contribution in [0, 0.1) is 0 Å². The summed E-state index contributed by atoms with van der Waals surface area (Å²) in [4.78, 5) is 13.8. The van der Waals surface area contributed by atoms with Gasteiger partial charge in [-0.05, 0) is 42.0 Å². The minimum Gasteiger partial charge on any atom is -0.378 e. The van der Waals surface area contributed by atoms with Gasteiger partial charge in [0.05, 0.1) is 4.90 Å². The highest BCUT2D eigenvalue weighted by Crippen LogP contribution is 2.30. The van der Waals surface area contributed by atoms with Crippen molar-refractivity contribution >= 4 is 33.0 Å². The minimum atomic E-state index is -3.69. The molecule has 7 heteroatoms. The number of rotatable bonds is 7. The standard InChI is InChI=1S/C19H23ClN2O3S/c1-4-19(23)21-13-18(14-5-9-16(10-6-14)22(2)3)26(24,25)17-11-7-15(20)8-12-17/h5-12,18H,4,13H2,1-3H3,(H,21,23)/t18-/m1/s1. The zero-order valence-corrected chi connectivity index (χ0v) is 16.6. The van der Waals surface area contributed by atoms with Gasteiger partial charge in [-0.15, -0.1) is 0 Å². The SMILES string of the molecule is CCC(=O)NC[C@H](c1ccc(N(C)C)cc1)S(=O)(=O)c1ccc(Cl)cc1. The van der Waals surface area contributed by atoms with Gasteiger partial charge in [-0.25, -0.2) is 8.42 Å². The molecule has 0 saturated carbocycles. The first kappa shape index (κ1) is 20.3. The lowest BCUT2D eigenvalue weighted by atomic mass is 10.1. The Labute approximate surface area is 159 Å². The maximum Gasteiger partial charge on any atom is 0.219 e. The van der Waals surface area contributed by atoms with Crippen LogP contribution in [0.4, 0.5) is 5.69 Å². The van der Waals surface area contributed by atoms with Gasteiger partial charge in [0.25, 0.3) is 0 Å². The summed E-state index contributed by atoms with van der Waals surface area (Å²) >= 11 is 5.87. The first-order chi connectivity index (χ1) is 12.3. The van der Waals surface area contributed by atoms with E-state index in [0.717, 1.165) is 5.69 Å². The summed E-state index contributed by atoms with van der Waals surface area (Å²) in [6.07, 6.45) is 0.299. The molecule has 0 unspecified atom stereocenters. The summed E-state index contributed by atoms with van der Waals surface area (Å²) in [5.74, 6) is -0.189. The highest BCUT2D eigenvalue weighted by molar-refractivity contribution is 7.91. The Hall–Kier alpha value is -2.05. The van der Waals surface area contributed by atoms with E-state index in [-0.39, 0.29) is 17.3 Å². The van der Waals surface area contributed by atoms with Gasteiger partial charge in [0.1, 0.15) is 5.25 Å². The van der Waals surface area contributed by atoms with Crippen LogP contribution in [-0.4, -0.2) is 35.0 Å². The van der Waals surface area contributed by atoms with E-state index in [1.807, 2.05) is 31.1 Å². The van der Waals surface area contributed by atoms with Crippen LogP contribution < -0.4 is 10.2 Å². The molecule has 0 saturated heterocycles. The Morgan fingerprint density at radius 1 is 1.08 bits per heavy atom. The van der Waals surface area contributed by atoms with E-state index in [9.17, 15) is 13.2 Å². The maximum atomic E-state index is 13.2. The van der Waals surface area contributed by atoms with Crippen LogP contribution in [0.15, 0.2) is 53.4 Å². The number of amides is 1. The topological polar surface area (TPSA) is 66.5 Å². The fourth-order valence-corrected chi connectivity index (χ4v) is 4.30. The van der Waals surface area contributed by atoms with Crippen LogP contribution in [0.25, 0.3) is 0 Å². The first-order valence-corrected chi connectivity index (χ1v) is 10.2. The monoisotopic (exact) mass is 394 g/mol. The average molecular weight is 395 g/mol.